The smallest absolute Gasteiger partial charge is 0.213 e. The standard InChI is InChI=1S/C13H22N4O2S/c1-3-16-10-14-15-12(16)11-8-17(20(18,19)4-2)9-13(11)6-5-7-13/h10-11H,3-9H2,1-2H3. The molecule has 1 spiro atoms. The summed E-state index contributed by atoms with van der Waals surface area (Å²) in [6, 6.07) is 0. The molecule has 0 bridgehead atoms. The monoisotopic (exact) mass is 298 g/mol. The van der Waals surface area contributed by atoms with Crippen molar-refractivity contribution in [1.82, 2.24) is 19.1 Å². The normalized spacial score (nSPS) is 26.0. The predicted octanol–water partition coefficient (Wildman–Crippen LogP) is 1.22. The first-order valence-electron chi connectivity index (χ1n) is 7.38. The number of rotatable bonds is 4. The van der Waals surface area contributed by atoms with Crippen LogP contribution in [0.15, 0.2) is 6.33 Å². The van der Waals surface area contributed by atoms with Crippen LogP contribution in [0.1, 0.15) is 44.9 Å². The Morgan fingerprint density at radius 2 is 2.15 bits per heavy atom. The van der Waals surface area contributed by atoms with E-state index in [4.69, 9.17) is 0 Å². The van der Waals surface area contributed by atoms with Crippen molar-refractivity contribution < 1.29 is 8.42 Å². The summed E-state index contributed by atoms with van der Waals surface area (Å²) in [5, 5.41) is 8.29. The van der Waals surface area contributed by atoms with Crippen LogP contribution in [0.4, 0.5) is 0 Å². The number of aryl methyl sites for hydroxylation is 1. The number of sulfonamides is 1. The van der Waals surface area contributed by atoms with Crippen LogP contribution >= 0.6 is 0 Å². The van der Waals surface area contributed by atoms with Crippen molar-refractivity contribution in [3.8, 4) is 0 Å². The van der Waals surface area contributed by atoms with Crippen LogP contribution in [-0.4, -0.2) is 46.3 Å². The molecule has 1 atom stereocenters. The first-order chi connectivity index (χ1) is 9.52. The highest BCUT2D eigenvalue weighted by atomic mass is 32.2. The molecule has 2 aliphatic rings. The van der Waals surface area contributed by atoms with Crippen molar-refractivity contribution in [2.45, 2.75) is 45.6 Å². The molecular formula is C13H22N4O2S. The molecule has 1 saturated heterocycles. The van der Waals surface area contributed by atoms with Gasteiger partial charge >= 0.3 is 0 Å². The maximum atomic E-state index is 12.2. The summed E-state index contributed by atoms with van der Waals surface area (Å²) >= 11 is 0. The van der Waals surface area contributed by atoms with Crippen molar-refractivity contribution in [3.05, 3.63) is 12.2 Å². The van der Waals surface area contributed by atoms with Crippen LogP contribution in [0, 0.1) is 5.41 Å². The molecule has 1 unspecified atom stereocenters. The van der Waals surface area contributed by atoms with Crippen LogP contribution in [0.2, 0.25) is 0 Å². The zero-order valence-electron chi connectivity index (χ0n) is 12.1. The van der Waals surface area contributed by atoms with Crippen LogP contribution in [0.3, 0.4) is 0 Å². The topological polar surface area (TPSA) is 68.1 Å². The fraction of sp³-hybridized carbons (Fsp3) is 0.846. The van der Waals surface area contributed by atoms with Crippen molar-refractivity contribution >= 4 is 10.0 Å². The Morgan fingerprint density at radius 3 is 2.70 bits per heavy atom. The van der Waals surface area contributed by atoms with Gasteiger partial charge in [-0.15, -0.1) is 10.2 Å². The summed E-state index contributed by atoms with van der Waals surface area (Å²) in [6.45, 7) is 5.83. The van der Waals surface area contributed by atoms with E-state index in [1.165, 1.54) is 6.42 Å². The third-order valence-electron chi connectivity index (χ3n) is 5.02. The zero-order valence-corrected chi connectivity index (χ0v) is 12.9. The quantitative estimate of drug-likeness (QED) is 0.838. The maximum Gasteiger partial charge on any atom is 0.213 e. The minimum absolute atomic E-state index is 0.0994. The Kier molecular flexibility index (Phi) is 3.36. The fourth-order valence-corrected chi connectivity index (χ4v) is 4.78. The molecule has 0 aromatic carbocycles. The second-order valence-corrected chi connectivity index (χ2v) is 8.19. The lowest BCUT2D eigenvalue weighted by Crippen LogP contribution is -2.38. The van der Waals surface area contributed by atoms with Gasteiger partial charge in [0.05, 0.1) is 5.75 Å². The third kappa shape index (κ3) is 1.98. The highest BCUT2D eigenvalue weighted by Crippen LogP contribution is 2.55. The molecular weight excluding hydrogens is 276 g/mol. The molecule has 20 heavy (non-hydrogen) atoms. The molecule has 112 valence electrons. The van der Waals surface area contributed by atoms with Gasteiger partial charge in [-0.25, -0.2) is 12.7 Å². The van der Waals surface area contributed by atoms with Gasteiger partial charge in [0.2, 0.25) is 10.0 Å². The van der Waals surface area contributed by atoms with E-state index >= 15 is 0 Å². The molecule has 1 aliphatic carbocycles. The van der Waals surface area contributed by atoms with E-state index in [-0.39, 0.29) is 17.1 Å². The summed E-state index contributed by atoms with van der Waals surface area (Å²) in [6.07, 6.45) is 5.14. The lowest BCUT2D eigenvalue weighted by Gasteiger charge is -2.42. The third-order valence-corrected chi connectivity index (χ3v) is 6.82. The van der Waals surface area contributed by atoms with Crippen molar-refractivity contribution in [3.63, 3.8) is 0 Å². The van der Waals surface area contributed by atoms with Gasteiger partial charge in [-0.1, -0.05) is 6.42 Å². The van der Waals surface area contributed by atoms with E-state index in [1.54, 1.807) is 17.6 Å². The molecule has 3 rings (SSSR count). The molecule has 0 amide bonds. The molecule has 1 aromatic rings. The Balaban J connectivity index is 1.94. The van der Waals surface area contributed by atoms with E-state index in [0.717, 1.165) is 25.2 Å². The van der Waals surface area contributed by atoms with Crippen LogP contribution in [0.25, 0.3) is 0 Å². The van der Waals surface area contributed by atoms with E-state index in [1.807, 2.05) is 4.57 Å². The Labute approximate surface area is 120 Å². The van der Waals surface area contributed by atoms with E-state index in [0.29, 0.717) is 13.1 Å². The van der Waals surface area contributed by atoms with Gasteiger partial charge in [-0.2, -0.15) is 0 Å². The van der Waals surface area contributed by atoms with Gasteiger partial charge < -0.3 is 4.57 Å². The summed E-state index contributed by atoms with van der Waals surface area (Å²) in [7, 11) is -3.11. The van der Waals surface area contributed by atoms with Crippen molar-refractivity contribution in [1.29, 1.82) is 0 Å². The van der Waals surface area contributed by atoms with Gasteiger partial charge in [-0.3, -0.25) is 0 Å². The maximum absolute atomic E-state index is 12.2. The van der Waals surface area contributed by atoms with E-state index in [9.17, 15) is 8.42 Å². The summed E-state index contributed by atoms with van der Waals surface area (Å²) in [5.74, 6) is 1.33. The highest BCUT2D eigenvalue weighted by molar-refractivity contribution is 7.89. The molecule has 1 aliphatic heterocycles. The van der Waals surface area contributed by atoms with Crippen molar-refractivity contribution in [2.24, 2.45) is 5.41 Å². The van der Waals surface area contributed by atoms with Crippen LogP contribution in [-0.2, 0) is 16.6 Å². The van der Waals surface area contributed by atoms with E-state index < -0.39 is 10.0 Å². The summed E-state index contributed by atoms with van der Waals surface area (Å²) < 4.78 is 28.1. The van der Waals surface area contributed by atoms with Crippen LogP contribution < -0.4 is 0 Å². The van der Waals surface area contributed by atoms with Gasteiger partial charge in [0.25, 0.3) is 0 Å². The first-order valence-corrected chi connectivity index (χ1v) is 8.99. The lowest BCUT2D eigenvalue weighted by molar-refractivity contribution is 0.125. The number of hydrogen-bond donors (Lipinski definition) is 0. The second kappa shape index (κ2) is 4.80. The summed E-state index contributed by atoms with van der Waals surface area (Å²) in [5.41, 5.74) is 0.0994. The SMILES string of the molecule is CCn1cnnc1C1CN(S(=O)(=O)CC)CC12CCC2. The first kappa shape index (κ1) is 14.0. The molecule has 0 N–H and O–H groups in total. The highest BCUT2D eigenvalue weighted by Gasteiger charge is 2.54. The second-order valence-electron chi connectivity index (χ2n) is 5.94. The molecule has 1 saturated carbocycles. The average molecular weight is 298 g/mol. The fourth-order valence-electron chi connectivity index (χ4n) is 3.59. The molecule has 7 heteroatoms. The minimum atomic E-state index is -3.11. The number of hydrogen-bond acceptors (Lipinski definition) is 4. The van der Waals surface area contributed by atoms with Gasteiger partial charge in [-0.05, 0) is 32.1 Å². The largest absolute Gasteiger partial charge is 0.318 e. The Bertz CT molecular complexity index is 591. The number of nitrogens with zero attached hydrogens (tertiary/aromatic N) is 4. The van der Waals surface area contributed by atoms with Gasteiger partial charge in [0, 0.05) is 25.6 Å². The molecule has 6 nitrogen and oxygen atoms in total. The predicted molar refractivity (Wildman–Crippen MR) is 75.8 cm³/mol. The van der Waals surface area contributed by atoms with Gasteiger partial charge in [0.1, 0.15) is 12.2 Å². The van der Waals surface area contributed by atoms with Gasteiger partial charge in [0.15, 0.2) is 0 Å². The number of aromatic nitrogens is 3. The zero-order chi connectivity index (χ0) is 14.4. The Hall–Kier alpha value is -0.950. The molecule has 2 heterocycles. The summed E-state index contributed by atoms with van der Waals surface area (Å²) in [4.78, 5) is 0. The minimum Gasteiger partial charge on any atom is -0.318 e. The molecule has 1 aromatic heterocycles. The molecule has 0 radical (unpaired) electrons. The average Bonchev–Trinajstić information content (AvgIpc) is 3.01. The van der Waals surface area contributed by atoms with Crippen molar-refractivity contribution in [2.75, 3.05) is 18.8 Å². The van der Waals surface area contributed by atoms with Crippen LogP contribution in [0.5, 0.6) is 0 Å². The molecule has 2 fully saturated rings. The Morgan fingerprint density at radius 1 is 1.40 bits per heavy atom. The van der Waals surface area contributed by atoms with E-state index in [2.05, 4.69) is 17.1 Å². The lowest BCUT2D eigenvalue weighted by atomic mass is 9.62.